The van der Waals surface area contributed by atoms with E-state index in [1.807, 2.05) is 19.2 Å². The standard InChI is InChI=1S/C23H28F3N3O3S/c1-7-16(8-2)29-12-15(6)21-19(29)11-14(5)20(28-21)17-9-10-18(13(3)4)27-22(17)32-33(30,31)23(24,25)26/h9-13,16H,7-8H2,1-6H3. The predicted octanol–water partition coefficient (Wildman–Crippen LogP) is 6.43. The lowest BCUT2D eigenvalue weighted by Gasteiger charge is -2.18. The molecule has 0 spiro atoms. The summed E-state index contributed by atoms with van der Waals surface area (Å²) < 4.78 is 69.3. The molecule has 10 heteroatoms. The van der Waals surface area contributed by atoms with Gasteiger partial charge in [0.15, 0.2) is 0 Å². The first-order chi connectivity index (χ1) is 15.3. The second-order valence-electron chi connectivity index (χ2n) is 8.44. The third-order valence-corrected chi connectivity index (χ3v) is 6.66. The maximum Gasteiger partial charge on any atom is 0.534 e. The van der Waals surface area contributed by atoms with Gasteiger partial charge in [-0.05, 0) is 61.9 Å². The maximum absolute atomic E-state index is 13.0. The largest absolute Gasteiger partial charge is 0.534 e. The SMILES string of the molecule is CCC(CC)n1cc(C)c2nc(-c3ccc(C(C)C)nc3OS(=O)(=O)C(F)(F)F)c(C)cc21. The Balaban J connectivity index is 2.24. The summed E-state index contributed by atoms with van der Waals surface area (Å²) in [6.07, 6.45) is 3.90. The van der Waals surface area contributed by atoms with Gasteiger partial charge < -0.3 is 8.75 Å². The molecule has 0 saturated heterocycles. The first kappa shape index (κ1) is 25.0. The molecular formula is C23H28F3N3O3S. The molecule has 0 unspecified atom stereocenters. The van der Waals surface area contributed by atoms with Crippen LogP contribution in [0.5, 0.6) is 5.88 Å². The van der Waals surface area contributed by atoms with Gasteiger partial charge in [0, 0.05) is 17.9 Å². The van der Waals surface area contributed by atoms with Crippen LogP contribution in [0.15, 0.2) is 24.4 Å². The van der Waals surface area contributed by atoms with Crippen molar-refractivity contribution in [1.29, 1.82) is 0 Å². The number of hydrogen-bond acceptors (Lipinski definition) is 5. The Bertz CT molecular complexity index is 1280. The molecule has 180 valence electrons. The van der Waals surface area contributed by atoms with Crippen LogP contribution in [0.1, 0.15) is 69.3 Å². The van der Waals surface area contributed by atoms with E-state index in [0.717, 1.165) is 23.9 Å². The van der Waals surface area contributed by atoms with Gasteiger partial charge in [-0.15, -0.1) is 0 Å². The third-order valence-electron chi connectivity index (χ3n) is 5.71. The van der Waals surface area contributed by atoms with Gasteiger partial charge in [-0.2, -0.15) is 21.6 Å². The number of nitrogens with zero attached hydrogens (tertiary/aromatic N) is 3. The van der Waals surface area contributed by atoms with Crippen molar-refractivity contribution in [2.75, 3.05) is 0 Å². The average molecular weight is 484 g/mol. The van der Waals surface area contributed by atoms with Crippen molar-refractivity contribution >= 4 is 21.2 Å². The Morgan fingerprint density at radius 3 is 2.24 bits per heavy atom. The highest BCUT2D eigenvalue weighted by molar-refractivity contribution is 7.88. The van der Waals surface area contributed by atoms with Crippen LogP contribution in [0.3, 0.4) is 0 Å². The Kier molecular flexibility index (Phi) is 6.79. The molecule has 3 rings (SSSR count). The second-order valence-corrected chi connectivity index (χ2v) is 9.98. The molecule has 0 aliphatic carbocycles. The minimum absolute atomic E-state index is 0.0845. The fourth-order valence-electron chi connectivity index (χ4n) is 3.85. The minimum atomic E-state index is -5.90. The number of pyridine rings is 2. The van der Waals surface area contributed by atoms with E-state index in [-0.39, 0.29) is 17.5 Å². The van der Waals surface area contributed by atoms with Gasteiger partial charge >= 0.3 is 15.6 Å². The minimum Gasteiger partial charge on any atom is -0.354 e. The van der Waals surface area contributed by atoms with Crippen molar-refractivity contribution in [3.05, 3.63) is 41.2 Å². The number of halogens is 3. The fraction of sp³-hybridized carbons (Fsp3) is 0.478. The second kappa shape index (κ2) is 8.96. The highest BCUT2D eigenvalue weighted by Gasteiger charge is 2.49. The number of fused-ring (bicyclic) bond motifs is 1. The molecule has 0 saturated carbocycles. The van der Waals surface area contributed by atoms with E-state index in [1.54, 1.807) is 26.8 Å². The first-order valence-corrected chi connectivity index (χ1v) is 12.2. The normalized spacial score (nSPS) is 12.8. The van der Waals surface area contributed by atoms with Crippen LogP contribution in [0.4, 0.5) is 13.2 Å². The lowest BCUT2D eigenvalue weighted by Crippen LogP contribution is -2.28. The summed E-state index contributed by atoms with van der Waals surface area (Å²) in [5.74, 6) is -0.784. The molecule has 0 aliphatic rings. The molecule has 0 aliphatic heterocycles. The van der Waals surface area contributed by atoms with Crippen LogP contribution in [0.25, 0.3) is 22.3 Å². The molecule has 0 radical (unpaired) electrons. The molecule has 3 aromatic rings. The number of aromatic nitrogens is 3. The third kappa shape index (κ3) is 4.71. The van der Waals surface area contributed by atoms with E-state index in [2.05, 4.69) is 27.6 Å². The van der Waals surface area contributed by atoms with Crippen LogP contribution >= 0.6 is 0 Å². The van der Waals surface area contributed by atoms with E-state index in [9.17, 15) is 21.6 Å². The molecule has 33 heavy (non-hydrogen) atoms. The summed E-state index contributed by atoms with van der Waals surface area (Å²) in [6.45, 7) is 11.5. The molecule has 6 nitrogen and oxygen atoms in total. The number of alkyl halides is 3. The molecule has 0 bridgehead atoms. The summed E-state index contributed by atoms with van der Waals surface area (Å²) in [7, 11) is -5.90. The molecule has 3 aromatic heterocycles. The fourth-order valence-corrected chi connectivity index (χ4v) is 4.28. The van der Waals surface area contributed by atoms with Gasteiger partial charge in [-0.3, -0.25) is 0 Å². The predicted molar refractivity (Wildman–Crippen MR) is 122 cm³/mol. The van der Waals surface area contributed by atoms with E-state index < -0.39 is 21.5 Å². The summed E-state index contributed by atoms with van der Waals surface area (Å²) in [5, 5.41) is 0. The smallest absolute Gasteiger partial charge is 0.354 e. The Morgan fingerprint density at radius 2 is 1.70 bits per heavy atom. The van der Waals surface area contributed by atoms with Gasteiger partial charge in [-0.25, -0.2) is 9.97 Å². The van der Waals surface area contributed by atoms with Crippen molar-refractivity contribution < 1.29 is 25.8 Å². The highest BCUT2D eigenvalue weighted by atomic mass is 32.2. The van der Waals surface area contributed by atoms with Crippen molar-refractivity contribution in [2.24, 2.45) is 0 Å². The van der Waals surface area contributed by atoms with E-state index in [1.165, 1.54) is 6.07 Å². The summed E-state index contributed by atoms with van der Waals surface area (Å²) in [4.78, 5) is 8.83. The lowest BCUT2D eigenvalue weighted by molar-refractivity contribution is -0.0501. The van der Waals surface area contributed by atoms with Crippen LogP contribution in [-0.4, -0.2) is 28.5 Å². The van der Waals surface area contributed by atoms with Gasteiger partial charge in [0.2, 0.25) is 5.88 Å². The van der Waals surface area contributed by atoms with Crippen molar-refractivity contribution in [3.63, 3.8) is 0 Å². The summed E-state index contributed by atoms with van der Waals surface area (Å²) in [6, 6.07) is 5.36. The zero-order valence-corrected chi connectivity index (χ0v) is 20.3. The number of aryl methyl sites for hydroxylation is 2. The van der Waals surface area contributed by atoms with E-state index >= 15 is 0 Å². The van der Waals surface area contributed by atoms with Crippen LogP contribution < -0.4 is 4.18 Å². The van der Waals surface area contributed by atoms with Crippen molar-refractivity contribution in [3.8, 4) is 17.1 Å². The molecule has 0 amide bonds. The van der Waals surface area contributed by atoms with Gasteiger partial charge in [0.1, 0.15) is 0 Å². The topological polar surface area (TPSA) is 74.1 Å². The number of rotatable bonds is 7. The monoisotopic (exact) mass is 483 g/mol. The molecule has 0 N–H and O–H groups in total. The Hall–Kier alpha value is -2.62. The molecule has 0 atom stereocenters. The van der Waals surface area contributed by atoms with Crippen LogP contribution in [-0.2, 0) is 10.1 Å². The van der Waals surface area contributed by atoms with Crippen molar-refractivity contribution in [1.82, 2.24) is 14.5 Å². The summed E-state index contributed by atoms with van der Waals surface area (Å²) >= 11 is 0. The zero-order chi connectivity index (χ0) is 24.7. The average Bonchev–Trinajstić information content (AvgIpc) is 3.02. The van der Waals surface area contributed by atoms with Gasteiger partial charge in [0.25, 0.3) is 0 Å². The maximum atomic E-state index is 13.0. The first-order valence-electron chi connectivity index (χ1n) is 10.8. The molecular weight excluding hydrogens is 455 g/mol. The van der Waals surface area contributed by atoms with Gasteiger partial charge in [0.05, 0.1) is 22.3 Å². The van der Waals surface area contributed by atoms with Crippen LogP contribution in [0.2, 0.25) is 0 Å². The van der Waals surface area contributed by atoms with E-state index in [0.29, 0.717) is 22.5 Å². The molecule has 3 heterocycles. The molecule has 0 aromatic carbocycles. The zero-order valence-electron chi connectivity index (χ0n) is 19.5. The molecule has 0 fully saturated rings. The Labute approximate surface area is 191 Å². The number of hydrogen-bond donors (Lipinski definition) is 0. The Morgan fingerprint density at radius 1 is 1.06 bits per heavy atom. The van der Waals surface area contributed by atoms with E-state index in [4.69, 9.17) is 4.98 Å². The van der Waals surface area contributed by atoms with Crippen LogP contribution in [0, 0.1) is 13.8 Å². The quantitative estimate of drug-likeness (QED) is 0.286. The lowest BCUT2D eigenvalue weighted by atomic mass is 10.0. The van der Waals surface area contributed by atoms with Crippen molar-refractivity contribution in [2.45, 2.75) is 71.9 Å². The van der Waals surface area contributed by atoms with Gasteiger partial charge in [-0.1, -0.05) is 27.7 Å². The highest BCUT2D eigenvalue weighted by Crippen LogP contribution is 2.37. The summed E-state index contributed by atoms with van der Waals surface area (Å²) in [5.41, 5.74) is -1.57.